The fraction of sp³-hybridized carbons (Fsp3) is 0.294. The average Bonchev–Trinajstić information content (AvgIpc) is 3.61. The maximum Gasteiger partial charge on any atom is 0.301 e. The Morgan fingerprint density at radius 1 is 1.00 bits per heavy atom. The summed E-state index contributed by atoms with van der Waals surface area (Å²) in [5, 5.41) is 21.1. The summed E-state index contributed by atoms with van der Waals surface area (Å²) >= 11 is 8.69. The topological polar surface area (TPSA) is 102 Å². The molecule has 1 N–H and O–H groups in total. The van der Waals surface area contributed by atoms with Crippen molar-refractivity contribution in [1.82, 2.24) is 10.2 Å². The molecule has 11 heteroatoms. The van der Waals surface area contributed by atoms with Crippen LogP contribution in [0.1, 0.15) is 56.3 Å². The molecule has 1 fully saturated rings. The first kappa shape index (κ1) is 32.5. The van der Waals surface area contributed by atoms with Gasteiger partial charge in [0.1, 0.15) is 17.3 Å². The number of hydrogen-bond acceptors (Lipinski definition) is 9. The SMILES string of the molecule is CCCOc1ccc(/C(O)=C2\C(=O)C(=O)N(c3nnc(SCc4ccc(Cl)cc4)s3)C2c2cccc(OCCC(C)C)c2)cc1. The molecule has 0 bridgehead atoms. The van der Waals surface area contributed by atoms with Crippen LogP contribution >= 0.6 is 34.7 Å². The van der Waals surface area contributed by atoms with Gasteiger partial charge in [0.25, 0.3) is 5.78 Å². The number of ether oxygens (including phenoxy) is 2. The number of rotatable bonds is 13. The van der Waals surface area contributed by atoms with Crippen molar-refractivity contribution in [1.29, 1.82) is 0 Å². The van der Waals surface area contributed by atoms with Gasteiger partial charge in [-0.05, 0) is 78.4 Å². The largest absolute Gasteiger partial charge is 0.507 e. The molecule has 3 aromatic carbocycles. The number of benzene rings is 3. The Balaban J connectivity index is 1.51. The fourth-order valence-corrected chi connectivity index (χ4v) is 6.65. The molecule has 8 nitrogen and oxygen atoms in total. The van der Waals surface area contributed by atoms with Gasteiger partial charge in [-0.2, -0.15) is 0 Å². The summed E-state index contributed by atoms with van der Waals surface area (Å²) in [6.07, 6.45) is 1.74. The quantitative estimate of drug-likeness (QED) is 0.0501. The maximum atomic E-state index is 13.7. The Hall–Kier alpha value is -3.86. The van der Waals surface area contributed by atoms with Gasteiger partial charge in [0.05, 0.1) is 24.8 Å². The number of aliphatic hydroxyl groups is 1. The Labute approximate surface area is 276 Å². The van der Waals surface area contributed by atoms with Gasteiger partial charge < -0.3 is 14.6 Å². The molecule has 2 heterocycles. The van der Waals surface area contributed by atoms with Gasteiger partial charge in [0.15, 0.2) is 4.34 Å². The molecule has 1 aliphatic rings. The summed E-state index contributed by atoms with van der Waals surface area (Å²) in [5.74, 6) is 0.476. The Bertz CT molecular complexity index is 1670. The Kier molecular flexibility index (Phi) is 10.8. The minimum absolute atomic E-state index is 0.0351. The van der Waals surface area contributed by atoms with Crippen LogP contribution in [-0.2, 0) is 15.3 Å². The summed E-state index contributed by atoms with van der Waals surface area (Å²) in [7, 11) is 0. The second-order valence-electron chi connectivity index (χ2n) is 10.9. The summed E-state index contributed by atoms with van der Waals surface area (Å²) < 4.78 is 12.3. The average molecular weight is 664 g/mol. The molecule has 1 aliphatic heterocycles. The third-order valence-electron chi connectivity index (χ3n) is 7.06. The first-order valence-corrected chi connectivity index (χ1v) is 16.9. The van der Waals surface area contributed by atoms with Crippen molar-refractivity contribution >= 4 is 57.3 Å². The van der Waals surface area contributed by atoms with Gasteiger partial charge in [-0.15, -0.1) is 10.2 Å². The highest BCUT2D eigenvalue weighted by molar-refractivity contribution is 8.00. The number of halogens is 1. The van der Waals surface area contributed by atoms with E-state index in [1.807, 2.05) is 49.4 Å². The number of anilines is 1. The number of amides is 1. The molecule has 1 aromatic heterocycles. The zero-order valence-electron chi connectivity index (χ0n) is 25.2. The fourth-order valence-electron chi connectivity index (χ4n) is 4.70. The predicted molar refractivity (Wildman–Crippen MR) is 179 cm³/mol. The Morgan fingerprint density at radius 3 is 2.44 bits per heavy atom. The maximum absolute atomic E-state index is 13.7. The van der Waals surface area contributed by atoms with Gasteiger partial charge in [-0.3, -0.25) is 14.5 Å². The molecule has 234 valence electrons. The first-order valence-electron chi connectivity index (χ1n) is 14.7. The molecule has 1 saturated heterocycles. The van der Waals surface area contributed by atoms with Crippen molar-refractivity contribution in [3.05, 3.63) is 100 Å². The van der Waals surface area contributed by atoms with E-state index in [0.717, 1.165) is 18.4 Å². The molecule has 1 atom stereocenters. The van der Waals surface area contributed by atoms with E-state index < -0.39 is 17.7 Å². The van der Waals surface area contributed by atoms with E-state index in [-0.39, 0.29) is 16.5 Å². The smallest absolute Gasteiger partial charge is 0.301 e. The molecule has 1 amide bonds. The lowest BCUT2D eigenvalue weighted by molar-refractivity contribution is -0.132. The van der Waals surface area contributed by atoms with Crippen LogP contribution in [0.4, 0.5) is 5.13 Å². The number of thioether (sulfide) groups is 1. The third-order valence-corrected chi connectivity index (χ3v) is 9.44. The monoisotopic (exact) mass is 663 g/mol. The van der Waals surface area contributed by atoms with Crippen molar-refractivity contribution < 1.29 is 24.2 Å². The van der Waals surface area contributed by atoms with E-state index in [1.165, 1.54) is 28.0 Å². The standard InChI is InChI=1S/C34H34ClN3O5S2/c1-4-17-42-26-14-10-23(11-15-26)30(39)28-29(24-6-5-7-27(19-24)43-18-16-21(2)3)38(32(41)31(28)40)33-36-37-34(45-33)44-20-22-8-12-25(35)13-9-22/h5-15,19,21,29,39H,4,16-18,20H2,1-3H3/b30-28+. The third kappa shape index (κ3) is 7.87. The number of ketones is 1. The first-order chi connectivity index (χ1) is 21.7. The molecular weight excluding hydrogens is 630 g/mol. The number of nitrogens with zero attached hydrogens (tertiary/aromatic N) is 3. The molecule has 4 aromatic rings. The molecular formula is C34H34ClN3O5S2. The second-order valence-corrected chi connectivity index (χ2v) is 13.5. The Morgan fingerprint density at radius 2 is 1.73 bits per heavy atom. The van der Waals surface area contributed by atoms with Crippen molar-refractivity contribution in [2.45, 2.75) is 49.7 Å². The van der Waals surface area contributed by atoms with Crippen LogP contribution < -0.4 is 14.4 Å². The van der Waals surface area contributed by atoms with Gasteiger partial charge in [-0.25, -0.2) is 0 Å². The second kappa shape index (κ2) is 14.9. The van der Waals surface area contributed by atoms with Crippen LogP contribution in [0.3, 0.4) is 0 Å². The van der Waals surface area contributed by atoms with E-state index in [1.54, 1.807) is 30.3 Å². The van der Waals surface area contributed by atoms with Gasteiger partial charge in [0.2, 0.25) is 5.13 Å². The summed E-state index contributed by atoms with van der Waals surface area (Å²) in [6, 6.07) is 20.7. The zero-order chi connectivity index (χ0) is 31.9. The normalized spacial score (nSPS) is 16.0. The van der Waals surface area contributed by atoms with Crippen molar-refractivity contribution in [2.24, 2.45) is 5.92 Å². The van der Waals surface area contributed by atoms with E-state index >= 15 is 0 Å². The molecule has 45 heavy (non-hydrogen) atoms. The number of aliphatic hydroxyl groups excluding tert-OH is 1. The number of carbonyl (C=O) groups excluding carboxylic acids is 2. The number of carbonyl (C=O) groups is 2. The molecule has 1 unspecified atom stereocenters. The van der Waals surface area contributed by atoms with Crippen LogP contribution in [0.25, 0.3) is 5.76 Å². The molecule has 0 aliphatic carbocycles. The van der Waals surface area contributed by atoms with Gasteiger partial charge >= 0.3 is 5.91 Å². The number of Topliss-reactive ketones (excluding diaryl/α,β-unsaturated/α-hetero) is 1. The van der Waals surface area contributed by atoms with Crippen LogP contribution in [0.2, 0.25) is 5.02 Å². The zero-order valence-corrected chi connectivity index (χ0v) is 27.6. The minimum Gasteiger partial charge on any atom is -0.507 e. The van der Waals surface area contributed by atoms with Crippen LogP contribution in [0.15, 0.2) is 82.7 Å². The van der Waals surface area contributed by atoms with E-state index in [0.29, 0.717) is 56.9 Å². The summed E-state index contributed by atoms with van der Waals surface area (Å²) in [4.78, 5) is 28.6. The lowest BCUT2D eigenvalue weighted by atomic mass is 9.95. The molecule has 0 saturated carbocycles. The molecule has 5 rings (SSSR count). The molecule has 0 spiro atoms. The summed E-state index contributed by atoms with van der Waals surface area (Å²) in [5.41, 5.74) is 2.02. The lowest BCUT2D eigenvalue weighted by Crippen LogP contribution is -2.29. The van der Waals surface area contributed by atoms with Crippen LogP contribution in [-0.4, -0.2) is 40.2 Å². The summed E-state index contributed by atoms with van der Waals surface area (Å²) in [6.45, 7) is 7.36. The molecule has 0 radical (unpaired) electrons. The van der Waals surface area contributed by atoms with Crippen LogP contribution in [0, 0.1) is 5.92 Å². The van der Waals surface area contributed by atoms with Crippen molar-refractivity contribution in [3.63, 3.8) is 0 Å². The minimum atomic E-state index is -0.947. The number of aromatic nitrogens is 2. The highest BCUT2D eigenvalue weighted by Gasteiger charge is 2.48. The van der Waals surface area contributed by atoms with Crippen molar-refractivity contribution in [2.75, 3.05) is 18.1 Å². The number of hydrogen-bond donors (Lipinski definition) is 1. The van der Waals surface area contributed by atoms with Gasteiger partial charge in [0, 0.05) is 16.3 Å². The highest BCUT2D eigenvalue weighted by Crippen LogP contribution is 2.44. The van der Waals surface area contributed by atoms with Gasteiger partial charge in [-0.1, -0.05) is 79.7 Å². The lowest BCUT2D eigenvalue weighted by Gasteiger charge is -2.23. The van der Waals surface area contributed by atoms with E-state index in [9.17, 15) is 14.7 Å². The van der Waals surface area contributed by atoms with Crippen molar-refractivity contribution in [3.8, 4) is 11.5 Å². The van der Waals surface area contributed by atoms with E-state index in [2.05, 4.69) is 24.0 Å². The predicted octanol–water partition coefficient (Wildman–Crippen LogP) is 8.32. The highest BCUT2D eigenvalue weighted by atomic mass is 35.5. The van der Waals surface area contributed by atoms with Crippen LogP contribution in [0.5, 0.6) is 11.5 Å². The van der Waals surface area contributed by atoms with E-state index in [4.69, 9.17) is 21.1 Å².